The van der Waals surface area contributed by atoms with Gasteiger partial charge in [-0.2, -0.15) is 5.26 Å². The molecule has 1 fully saturated rings. The van der Waals surface area contributed by atoms with Gasteiger partial charge in [0.25, 0.3) is 0 Å². The molecule has 1 saturated heterocycles. The van der Waals surface area contributed by atoms with Crippen molar-refractivity contribution in [1.82, 2.24) is 14.9 Å². The Morgan fingerprint density at radius 1 is 1.19 bits per heavy atom. The van der Waals surface area contributed by atoms with Gasteiger partial charge in [-0.15, -0.1) is 0 Å². The quantitative estimate of drug-likeness (QED) is 0.631. The van der Waals surface area contributed by atoms with Crippen LogP contribution in [0.5, 0.6) is 0 Å². The molecule has 2 aliphatic heterocycles. The molecule has 0 unspecified atom stereocenters. The monoisotopic (exact) mass is 444 g/mol. The number of hydrogen-bond acceptors (Lipinski definition) is 7. The van der Waals surface area contributed by atoms with Crippen molar-refractivity contribution in [3.05, 3.63) is 65.5 Å². The van der Waals surface area contributed by atoms with E-state index in [1.807, 2.05) is 35.2 Å². The highest BCUT2D eigenvalue weighted by Gasteiger charge is 2.29. The van der Waals surface area contributed by atoms with E-state index in [0.717, 1.165) is 31.1 Å². The van der Waals surface area contributed by atoms with Gasteiger partial charge in [0.2, 0.25) is 5.91 Å². The van der Waals surface area contributed by atoms with Gasteiger partial charge in [-0.3, -0.25) is 4.79 Å². The number of nitrogens with zero attached hydrogens (tertiary/aromatic N) is 5. The van der Waals surface area contributed by atoms with Crippen molar-refractivity contribution in [2.45, 2.75) is 32.4 Å². The van der Waals surface area contributed by atoms with Crippen LogP contribution >= 0.6 is 11.3 Å². The molecular weight excluding hydrogens is 420 g/mol. The number of nitrogens with one attached hydrogen (secondary N) is 1. The zero-order valence-corrected chi connectivity index (χ0v) is 18.5. The Morgan fingerprint density at radius 3 is 2.69 bits per heavy atom. The van der Waals surface area contributed by atoms with Crippen LogP contribution in [0.3, 0.4) is 0 Å². The molecule has 32 heavy (non-hydrogen) atoms. The molecule has 1 N–H and O–H groups in total. The van der Waals surface area contributed by atoms with Crippen LogP contribution in [0.2, 0.25) is 0 Å². The standard InChI is InChI=1S/C24H24N6OS/c25-13-20-23(28-21-9-3-4-10-26-21)32-24(27-20)29-11-5-6-17(14-29)12-22(31)30-15-18-7-1-2-8-19(18)16-30/h1-4,7-10,17H,5-6,11-12,14-16H2,(H,26,28)/t17-/m0/s1. The minimum atomic E-state index is 0.224. The van der Waals surface area contributed by atoms with Gasteiger partial charge in [-0.1, -0.05) is 41.7 Å². The van der Waals surface area contributed by atoms with Crippen LogP contribution in [-0.4, -0.2) is 33.9 Å². The van der Waals surface area contributed by atoms with Crippen molar-refractivity contribution in [2.24, 2.45) is 5.92 Å². The molecule has 0 saturated carbocycles. The number of anilines is 3. The molecule has 162 valence electrons. The number of aromatic nitrogens is 2. The minimum absolute atomic E-state index is 0.224. The second kappa shape index (κ2) is 8.97. The maximum absolute atomic E-state index is 13.0. The summed E-state index contributed by atoms with van der Waals surface area (Å²) in [5, 5.41) is 14.3. The van der Waals surface area contributed by atoms with Crippen LogP contribution in [-0.2, 0) is 17.9 Å². The highest BCUT2D eigenvalue weighted by Crippen LogP contribution is 2.35. The largest absolute Gasteiger partial charge is 0.348 e. The molecule has 1 amide bonds. The van der Waals surface area contributed by atoms with E-state index in [-0.39, 0.29) is 5.91 Å². The van der Waals surface area contributed by atoms with Crippen molar-refractivity contribution in [1.29, 1.82) is 5.26 Å². The van der Waals surface area contributed by atoms with Crippen molar-refractivity contribution >= 4 is 33.2 Å². The number of fused-ring (bicyclic) bond motifs is 1. The number of pyridine rings is 1. The van der Waals surface area contributed by atoms with Crippen LogP contribution in [0.25, 0.3) is 0 Å². The number of hydrogen-bond donors (Lipinski definition) is 1. The van der Waals surface area contributed by atoms with Crippen molar-refractivity contribution in [3.63, 3.8) is 0 Å². The summed E-state index contributed by atoms with van der Waals surface area (Å²) in [7, 11) is 0. The fraction of sp³-hybridized carbons (Fsp3) is 0.333. The maximum Gasteiger partial charge on any atom is 0.223 e. The zero-order valence-electron chi connectivity index (χ0n) is 17.7. The van der Waals surface area contributed by atoms with Crippen LogP contribution < -0.4 is 10.2 Å². The van der Waals surface area contributed by atoms with E-state index in [0.29, 0.717) is 41.9 Å². The van der Waals surface area contributed by atoms with Gasteiger partial charge in [-0.25, -0.2) is 9.97 Å². The van der Waals surface area contributed by atoms with Crippen molar-refractivity contribution in [3.8, 4) is 6.07 Å². The number of nitriles is 1. The lowest BCUT2D eigenvalue weighted by Crippen LogP contribution is -2.38. The average Bonchev–Trinajstić information content (AvgIpc) is 3.44. The lowest BCUT2D eigenvalue weighted by atomic mass is 9.94. The molecule has 7 nitrogen and oxygen atoms in total. The van der Waals surface area contributed by atoms with Crippen LogP contribution in [0, 0.1) is 17.2 Å². The highest BCUT2D eigenvalue weighted by molar-refractivity contribution is 7.19. The van der Waals surface area contributed by atoms with Crippen molar-refractivity contribution in [2.75, 3.05) is 23.3 Å². The summed E-state index contributed by atoms with van der Waals surface area (Å²) < 4.78 is 0. The van der Waals surface area contributed by atoms with E-state index in [1.165, 1.54) is 22.5 Å². The molecule has 3 aromatic rings. The SMILES string of the molecule is N#Cc1nc(N2CCC[C@@H](CC(=O)N3Cc4ccccc4C3)C2)sc1Nc1ccccn1. The summed E-state index contributed by atoms with van der Waals surface area (Å²) in [6.45, 7) is 3.10. The number of thiazole rings is 1. The van der Waals surface area contributed by atoms with Gasteiger partial charge < -0.3 is 15.1 Å². The van der Waals surface area contributed by atoms with E-state index in [4.69, 9.17) is 0 Å². The fourth-order valence-electron chi connectivity index (χ4n) is 4.45. The maximum atomic E-state index is 13.0. The zero-order chi connectivity index (χ0) is 21.9. The molecule has 0 bridgehead atoms. The first-order valence-corrected chi connectivity index (χ1v) is 11.7. The lowest BCUT2D eigenvalue weighted by molar-refractivity contribution is -0.132. The summed E-state index contributed by atoms with van der Waals surface area (Å²) in [4.78, 5) is 26.0. The topological polar surface area (TPSA) is 85.2 Å². The summed E-state index contributed by atoms with van der Waals surface area (Å²) in [6, 6.07) is 16.1. The Labute approximate surface area is 191 Å². The molecule has 5 rings (SSSR count). The highest BCUT2D eigenvalue weighted by atomic mass is 32.1. The molecule has 8 heteroatoms. The molecule has 0 aliphatic carbocycles. The average molecular weight is 445 g/mol. The van der Waals surface area contributed by atoms with Crippen LogP contribution in [0.4, 0.5) is 16.0 Å². The normalized spacial score (nSPS) is 17.7. The fourth-order valence-corrected chi connectivity index (χ4v) is 5.41. The Bertz CT molecular complexity index is 1130. The molecule has 4 heterocycles. The Kier molecular flexibility index (Phi) is 5.73. The molecule has 2 aromatic heterocycles. The second-order valence-electron chi connectivity index (χ2n) is 8.30. The minimum Gasteiger partial charge on any atom is -0.348 e. The van der Waals surface area contributed by atoms with Crippen LogP contribution in [0.15, 0.2) is 48.7 Å². The number of amides is 1. The van der Waals surface area contributed by atoms with Gasteiger partial charge in [0.15, 0.2) is 10.8 Å². The Balaban J connectivity index is 1.23. The summed E-state index contributed by atoms with van der Waals surface area (Å²) in [6.07, 6.45) is 4.32. The molecule has 0 spiro atoms. The number of carbonyl (C=O) groups is 1. The van der Waals surface area contributed by atoms with Gasteiger partial charge in [0, 0.05) is 38.8 Å². The van der Waals surface area contributed by atoms with E-state index in [9.17, 15) is 10.1 Å². The Morgan fingerprint density at radius 2 is 1.97 bits per heavy atom. The van der Waals surface area contributed by atoms with Gasteiger partial charge >= 0.3 is 0 Å². The summed E-state index contributed by atoms with van der Waals surface area (Å²) in [5.74, 6) is 1.21. The molecule has 1 atom stereocenters. The number of piperidine rings is 1. The molecule has 1 aromatic carbocycles. The number of benzene rings is 1. The summed E-state index contributed by atoms with van der Waals surface area (Å²) >= 11 is 1.47. The number of carbonyl (C=O) groups excluding carboxylic acids is 1. The third-order valence-corrected chi connectivity index (χ3v) is 7.11. The lowest BCUT2D eigenvalue weighted by Gasteiger charge is -2.33. The third-order valence-electron chi connectivity index (χ3n) is 6.07. The molecule has 2 aliphatic rings. The molecule has 0 radical (unpaired) electrons. The predicted octanol–water partition coefficient (Wildman–Crippen LogP) is 4.30. The second-order valence-corrected chi connectivity index (χ2v) is 9.28. The third kappa shape index (κ3) is 4.30. The number of rotatable bonds is 5. The van der Waals surface area contributed by atoms with Gasteiger partial charge in [0.1, 0.15) is 16.9 Å². The van der Waals surface area contributed by atoms with E-state index in [1.54, 1.807) is 6.20 Å². The predicted molar refractivity (Wildman–Crippen MR) is 125 cm³/mol. The van der Waals surface area contributed by atoms with E-state index in [2.05, 4.69) is 38.4 Å². The summed E-state index contributed by atoms with van der Waals surface area (Å²) in [5.41, 5.74) is 2.89. The molecular formula is C24H24N6OS. The van der Waals surface area contributed by atoms with Gasteiger partial charge in [0.05, 0.1) is 0 Å². The smallest absolute Gasteiger partial charge is 0.223 e. The first kappa shape index (κ1) is 20.5. The first-order chi connectivity index (χ1) is 15.7. The van der Waals surface area contributed by atoms with E-state index < -0.39 is 0 Å². The Hall–Kier alpha value is -3.44. The van der Waals surface area contributed by atoms with Crippen molar-refractivity contribution < 1.29 is 4.79 Å². The first-order valence-electron chi connectivity index (χ1n) is 10.9. The van der Waals surface area contributed by atoms with E-state index >= 15 is 0 Å². The van der Waals surface area contributed by atoms with Crippen LogP contribution in [0.1, 0.15) is 36.1 Å². The van der Waals surface area contributed by atoms with Gasteiger partial charge in [-0.05, 0) is 42.0 Å².